The molecule has 1 unspecified atom stereocenters. The monoisotopic (exact) mass is 415 g/mol. The van der Waals surface area contributed by atoms with Gasteiger partial charge in [-0.2, -0.15) is 5.10 Å². The van der Waals surface area contributed by atoms with E-state index in [-0.39, 0.29) is 6.04 Å². The van der Waals surface area contributed by atoms with E-state index >= 15 is 0 Å². The number of hydrogen-bond donors (Lipinski definition) is 2. The van der Waals surface area contributed by atoms with Crippen LogP contribution in [-0.2, 0) is 13.0 Å². The van der Waals surface area contributed by atoms with Crippen LogP contribution in [0.4, 0.5) is 0 Å². The van der Waals surface area contributed by atoms with Crippen molar-refractivity contribution in [2.45, 2.75) is 32.9 Å². The number of rotatable bonds is 6. The van der Waals surface area contributed by atoms with E-state index in [4.69, 9.17) is 5.84 Å². The summed E-state index contributed by atoms with van der Waals surface area (Å²) in [4.78, 5) is 4.36. The van der Waals surface area contributed by atoms with Crippen LogP contribution < -0.4 is 11.3 Å². The van der Waals surface area contributed by atoms with E-state index in [1.807, 2.05) is 22.9 Å². The molecule has 1 atom stereocenters. The highest BCUT2D eigenvalue weighted by atomic mass is 79.9. The molecule has 0 bridgehead atoms. The SMILES string of the molecule is CC(C)Cn1ncnc1CC(NN)c1ccc(Br)cc1Br. The minimum Gasteiger partial charge on any atom is -0.271 e. The van der Waals surface area contributed by atoms with E-state index in [0.717, 1.165) is 26.9 Å². The molecule has 2 aromatic rings. The van der Waals surface area contributed by atoms with Gasteiger partial charge in [-0.3, -0.25) is 11.3 Å². The Labute approximate surface area is 141 Å². The largest absolute Gasteiger partial charge is 0.271 e. The second-order valence-corrected chi connectivity index (χ2v) is 7.11. The molecule has 7 heteroatoms. The van der Waals surface area contributed by atoms with Gasteiger partial charge < -0.3 is 0 Å². The lowest BCUT2D eigenvalue weighted by molar-refractivity contribution is 0.446. The quantitative estimate of drug-likeness (QED) is 0.560. The second kappa shape index (κ2) is 7.49. The number of nitrogens with two attached hydrogens (primary N) is 1. The highest BCUT2D eigenvalue weighted by Crippen LogP contribution is 2.28. The molecular formula is C14H19Br2N5. The average molecular weight is 417 g/mol. The van der Waals surface area contributed by atoms with Crippen molar-refractivity contribution in [3.05, 3.63) is 44.9 Å². The van der Waals surface area contributed by atoms with Crippen molar-refractivity contribution in [3.63, 3.8) is 0 Å². The van der Waals surface area contributed by atoms with Crippen LogP contribution in [0, 0.1) is 5.92 Å². The molecule has 0 radical (unpaired) electrons. The minimum absolute atomic E-state index is 0.0254. The Hall–Kier alpha value is -0.760. The first-order chi connectivity index (χ1) is 10.0. The lowest BCUT2D eigenvalue weighted by Gasteiger charge is -2.18. The summed E-state index contributed by atoms with van der Waals surface area (Å²) in [7, 11) is 0. The molecule has 1 heterocycles. The molecule has 114 valence electrons. The van der Waals surface area contributed by atoms with E-state index in [1.54, 1.807) is 6.33 Å². The first kappa shape index (κ1) is 16.6. The number of halogens is 2. The molecule has 0 saturated heterocycles. The lowest BCUT2D eigenvalue weighted by Crippen LogP contribution is -2.31. The van der Waals surface area contributed by atoms with Crippen molar-refractivity contribution >= 4 is 31.9 Å². The molecule has 0 aliphatic rings. The molecule has 1 aromatic heterocycles. The molecular weight excluding hydrogens is 398 g/mol. The molecule has 5 nitrogen and oxygen atoms in total. The average Bonchev–Trinajstić information content (AvgIpc) is 2.83. The Morgan fingerprint density at radius 1 is 1.33 bits per heavy atom. The van der Waals surface area contributed by atoms with Crippen LogP contribution in [0.3, 0.4) is 0 Å². The van der Waals surface area contributed by atoms with Crippen LogP contribution in [-0.4, -0.2) is 14.8 Å². The number of hydrogen-bond acceptors (Lipinski definition) is 4. The standard InChI is InChI=1S/C14H19Br2N5/c1-9(2)7-21-14(18-8-19-21)6-13(20-17)11-4-3-10(15)5-12(11)16/h3-5,8-9,13,20H,6-7,17H2,1-2H3. The van der Waals surface area contributed by atoms with Crippen LogP contribution in [0.1, 0.15) is 31.3 Å². The van der Waals surface area contributed by atoms with E-state index in [1.165, 1.54) is 0 Å². The van der Waals surface area contributed by atoms with Crippen molar-refractivity contribution < 1.29 is 0 Å². The van der Waals surface area contributed by atoms with Crippen LogP contribution in [0.5, 0.6) is 0 Å². The Morgan fingerprint density at radius 3 is 2.71 bits per heavy atom. The predicted molar refractivity (Wildman–Crippen MR) is 90.5 cm³/mol. The second-order valence-electron chi connectivity index (χ2n) is 5.34. The predicted octanol–water partition coefficient (Wildman–Crippen LogP) is 3.21. The van der Waals surface area contributed by atoms with Crippen molar-refractivity contribution in [1.29, 1.82) is 0 Å². The van der Waals surface area contributed by atoms with Gasteiger partial charge in [0.25, 0.3) is 0 Å². The number of hydrazine groups is 1. The number of benzene rings is 1. The maximum atomic E-state index is 5.74. The zero-order valence-electron chi connectivity index (χ0n) is 12.1. The Bertz CT molecular complexity index is 597. The fraction of sp³-hybridized carbons (Fsp3) is 0.429. The molecule has 0 spiro atoms. The summed E-state index contributed by atoms with van der Waals surface area (Å²) >= 11 is 7.04. The molecule has 0 aliphatic carbocycles. The maximum absolute atomic E-state index is 5.74. The van der Waals surface area contributed by atoms with E-state index in [2.05, 4.69) is 61.2 Å². The van der Waals surface area contributed by atoms with Crippen molar-refractivity contribution in [2.75, 3.05) is 0 Å². The van der Waals surface area contributed by atoms with Crippen LogP contribution in [0.15, 0.2) is 33.5 Å². The van der Waals surface area contributed by atoms with Gasteiger partial charge in [-0.1, -0.05) is 51.8 Å². The van der Waals surface area contributed by atoms with E-state index in [9.17, 15) is 0 Å². The summed E-state index contributed by atoms with van der Waals surface area (Å²) in [5, 5.41) is 4.29. The molecule has 0 amide bonds. The summed E-state index contributed by atoms with van der Waals surface area (Å²) in [6, 6.07) is 6.03. The Balaban J connectivity index is 2.21. The van der Waals surface area contributed by atoms with Crippen molar-refractivity contribution in [2.24, 2.45) is 11.8 Å². The first-order valence-corrected chi connectivity index (χ1v) is 8.37. The molecule has 1 aromatic carbocycles. The maximum Gasteiger partial charge on any atom is 0.138 e. The fourth-order valence-electron chi connectivity index (χ4n) is 2.17. The molecule has 0 aliphatic heterocycles. The lowest BCUT2D eigenvalue weighted by atomic mass is 10.0. The summed E-state index contributed by atoms with van der Waals surface area (Å²) < 4.78 is 3.98. The summed E-state index contributed by atoms with van der Waals surface area (Å²) in [6.07, 6.45) is 2.28. The Kier molecular flexibility index (Phi) is 5.92. The highest BCUT2D eigenvalue weighted by Gasteiger charge is 2.17. The summed E-state index contributed by atoms with van der Waals surface area (Å²) in [5.74, 6) is 7.19. The molecule has 0 saturated carbocycles. The topological polar surface area (TPSA) is 68.8 Å². The third kappa shape index (κ3) is 4.35. The minimum atomic E-state index is -0.0254. The zero-order chi connectivity index (χ0) is 15.4. The zero-order valence-corrected chi connectivity index (χ0v) is 15.2. The highest BCUT2D eigenvalue weighted by molar-refractivity contribution is 9.11. The normalized spacial score (nSPS) is 12.9. The number of nitrogens with one attached hydrogen (secondary N) is 1. The van der Waals surface area contributed by atoms with Crippen LogP contribution >= 0.6 is 31.9 Å². The molecule has 21 heavy (non-hydrogen) atoms. The van der Waals surface area contributed by atoms with E-state index in [0.29, 0.717) is 12.3 Å². The summed E-state index contributed by atoms with van der Waals surface area (Å²) in [5.41, 5.74) is 3.97. The van der Waals surface area contributed by atoms with Crippen molar-refractivity contribution in [1.82, 2.24) is 20.2 Å². The van der Waals surface area contributed by atoms with Gasteiger partial charge >= 0.3 is 0 Å². The first-order valence-electron chi connectivity index (χ1n) is 6.79. The molecule has 3 N–H and O–H groups in total. The number of nitrogens with zero attached hydrogens (tertiary/aromatic N) is 3. The van der Waals surface area contributed by atoms with Gasteiger partial charge in [-0.05, 0) is 23.6 Å². The van der Waals surface area contributed by atoms with Gasteiger partial charge in [-0.25, -0.2) is 9.67 Å². The summed E-state index contributed by atoms with van der Waals surface area (Å²) in [6.45, 7) is 5.18. The fourth-order valence-corrected chi connectivity index (χ4v) is 3.49. The molecule has 0 fully saturated rings. The smallest absolute Gasteiger partial charge is 0.138 e. The molecule has 2 rings (SSSR count). The van der Waals surface area contributed by atoms with Gasteiger partial charge in [0, 0.05) is 21.9 Å². The Morgan fingerprint density at radius 2 is 2.10 bits per heavy atom. The van der Waals surface area contributed by atoms with Gasteiger partial charge in [-0.15, -0.1) is 0 Å². The van der Waals surface area contributed by atoms with Crippen LogP contribution in [0.2, 0.25) is 0 Å². The van der Waals surface area contributed by atoms with Gasteiger partial charge in [0.05, 0.1) is 6.04 Å². The van der Waals surface area contributed by atoms with Gasteiger partial charge in [0.1, 0.15) is 12.2 Å². The van der Waals surface area contributed by atoms with Gasteiger partial charge in [0.2, 0.25) is 0 Å². The third-order valence-electron chi connectivity index (χ3n) is 3.16. The van der Waals surface area contributed by atoms with Crippen molar-refractivity contribution in [3.8, 4) is 0 Å². The van der Waals surface area contributed by atoms with E-state index < -0.39 is 0 Å². The number of aromatic nitrogens is 3. The van der Waals surface area contributed by atoms with Crippen LogP contribution in [0.25, 0.3) is 0 Å². The van der Waals surface area contributed by atoms with Gasteiger partial charge in [0.15, 0.2) is 0 Å². The third-order valence-corrected chi connectivity index (χ3v) is 4.34.